The third kappa shape index (κ3) is 3.33. The number of benzene rings is 2. The summed E-state index contributed by atoms with van der Waals surface area (Å²) in [5.74, 6) is -1.25. The Morgan fingerprint density at radius 1 is 0.808 bits per heavy atom. The molecule has 0 N–H and O–H groups in total. The molecule has 1 heterocycles. The lowest BCUT2D eigenvalue weighted by atomic mass is 10.1. The quantitative estimate of drug-likeness (QED) is 0.606. The highest BCUT2D eigenvalue weighted by atomic mass is 16.6. The topological polar surface area (TPSA) is 55.8 Å². The Morgan fingerprint density at radius 2 is 1.23 bits per heavy atom. The van der Waals surface area contributed by atoms with Crippen LogP contribution in [0.25, 0.3) is 12.2 Å². The first-order chi connectivity index (χ1) is 12.7. The van der Waals surface area contributed by atoms with Gasteiger partial charge in [-0.25, -0.2) is 9.59 Å². The normalized spacial score (nSPS) is 12.2. The van der Waals surface area contributed by atoms with Crippen molar-refractivity contribution in [3.63, 3.8) is 0 Å². The molecule has 5 nitrogen and oxygen atoms in total. The third-order valence-electron chi connectivity index (χ3n) is 4.11. The standard InChI is InChI=1S/C21H21NO4/c1-3-25-20(23)19(21(24)26-4-2)22-17-11-7-5-9-15(17)13-14-16-10-6-8-12-18(16)22/h5-14,19H,3-4H2,1-2H3. The van der Waals surface area contributed by atoms with Crippen LogP contribution in [0.15, 0.2) is 48.5 Å². The monoisotopic (exact) mass is 351 g/mol. The summed E-state index contributed by atoms with van der Waals surface area (Å²) in [7, 11) is 0. The van der Waals surface area contributed by atoms with Crippen molar-refractivity contribution in [2.75, 3.05) is 18.1 Å². The number of fused-ring (bicyclic) bond motifs is 2. The molecule has 26 heavy (non-hydrogen) atoms. The van der Waals surface area contributed by atoms with Gasteiger partial charge in [-0.3, -0.25) is 0 Å². The number of esters is 2. The van der Waals surface area contributed by atoms with E-state index in [0.29, 0.717) is 0 Å². The largest absolute Gasteiger partial charge is 0.464 e. The Hall–Kier alpha value is -3.08. The molecule has 0 spiro atoms. The van der Waals surface area contributed by atoms with Gasteiger partial charge in [0, 0.05) is 11.4 Å². The van der Waals surface area contributed by atoms with Crippen molar-refractivity contribution < 1.29 is 19.1 Å². The zero-order valence-corrected chi connectivity index (χ0v) is 14.8. The fourth-order valence-electron chi connectivity index (χ4n) is 3.03. The van der Waals surface area contributed by atoms with Gasteiger partial charge in [-0.1, -0.05) is 48.6 Å². The Balaban J connectivity index is 2.20. The van der Waals surface area contributed by atoms with E-state index in [9.17, 15) is 9.59 Å². The number of carbonyl (C=O) groups is 2. The van der Waals surface area contributed by atoms with E-state index in [1.165, 1.54) is 0 Å². The van der Waals surface area contributed by atoms with E-state index < -0.39 is 18.0 Å². The van der Waals surface area contributed by atoms with Gasteiger partial charge in [-0.15, -0.1) is 0 Å². The minimum absolute atomic E-state index is 0.185. The molecule has 3 rings (SSSR count). The molecule has 1 aliphatic rings. The fraction of sp³-hybridized carbons (Fsp3) is 0.238. The molecule has 0 atom stereocenters. The highest BCUT2D eigenvalue weighted by Crippen LogP contribution is 2.38. The lowest BCUT2D eigenvalue weighted by Gasteiger charge is -2.31. The van der Waals surface area contributed by atoms with E-state index in [0.717, 1.165) is 22.5 Å². The Morgan fingerprint density at radius 3 is 1.65 bits per heavy atom. The maximum absolute atomic E-state index is 12.7. The summed E-state index contributed by atoms with van der Waals surface area (Å²) >= 11 is 0. The number of nitrogens with zero attached hydrogens (tertiary/aromatic N) is 1. The lowest BCUT2D eigenvalue weighted by Crippen LogP contribution is -2.46. The number of rotatable bonds is 5. The molecule has 0 saturated heterocycles. The average Bonchev–Trinajstić information content (AvgIpc) is 2.80. The highest BCUT2D eigenvalue weighted by Gasteiger charge is 2.38. The molecule has 0 bridgehead atoms. The summed E-state index contributed by atoms with van der Waals surface area (Å²) in [6.07, 6.45) is 3.95. The molecule has 134 valence electrons. The number of anilines is 2. The number of carbonyl (C=O) groups excluding carboxylic acids is 2. The van der Waals surface area contributed by atoms with E-state index >= 15 is 0 Å². The van der Waals surface area contributed by atoms with Gasteiger partial charge >= 0.3 is 11.9 Å². The van der Waals surface area contributed by atoms with E-state index in [1.54, 1.807) is 18.7 Å². The summed E-state index contributed by atoms with van der Waals surface area (Å²) in [5.41, 5.74) is 3.31. The molecule has 2 aromatic rings. The van der Waals surface area contributed by atoms with Crippen molar-refractivity contribution in [3.05, 3.63) is 59.7 Å². The maximum atomic E-state index is 12.7. The fourth-order valence-corrected chi connectivity index (χ4v) is 3.03. The van der Waals surface area contributed by atoms with Gasteiger partial charge in [0.15, 0.2) is 0 Å². The molecule has 0 amide bonds. The molecular weight excluding hydrogens is 330 g/mol. The molecule has 0 fully saturated rings. The zero-order chi connectivity index (χ0) is 18.5. The number of para-hydroxylation sites is 2. The van der Waals surface area contributed by atoms with Crippen LogP contribution >= 0.6 is 0 Å². The van der Waals surface area contributed by atoms with Crippen molar-refractivity contribution in [2.45, 2.75) is 19.9 Å². The van der Waals surface area contributed by atoms with E-state index in [4.69, 9.17) is 9.47 Å². The van der Waals surface area contributed by atoms with Crippen molar-refractivity contribution >= 4 is 35.5 Å². The van der Waals surface area contributed by atoms with Crippen molar-refractivity contribution in [1.29, 1.82) is 0 Å². The minimum Gasteiger partial charge on any atom is -0.464 e. The van der Waals surface area contributed by atoms with E-state index in [2.05, 4.69) is 0 Å². The molecule has 0 aliphatic carbocycles. The molecule has 1 aliphatic heterocycles. The maximum Gasteiger partial charge on any atom is 0.340 e. The minimum atomic E-state index is -1.21. The van der Waals surface area contributed by atoms with Gasteiger partial charge in [0.1, 0.15) is 0 Å². The smallest absolute Gasteiger partial charge is 0.340 e. The van der Waals surface area contributed by atoms with Crippen LogP contribution in [0.2, 0.25) is 0 Å². The number of hydrogen-bond acceptors (Lipinski definition) is 5. The Labute approximate surface area is 152 Å². The zero-order valence-electron chi connectivity index (χ0n) is 14.8. The first kappa shape index (κ1) is 17.7. The summed E-state index contributed by atoms with van der Waals surface area (Å²) in [6, 6.07) is 14.0. The Kier molecular flexibility index (Phi) is 5.37. The van der Waals surface area contributed by atoms with Crippen LogP contribution in [0.3, 0.4) is 0 Å². The first-order valence-electron chi connectivity index (χ1n) is 8.66. The van der Waals surface area contributed by atoms with E-state index in [1.807, 2.05) is 60.7 Å². The second kappa shape index (κ2) is 7.87. The second-order valence-corrected chi connectivity index (χ2v) is 5.73. The van der Waals surface area contributed by atoms with Crippen molar-refractivity contribution in [3.8, 4) is 0 Å². The number of ether oxygens (including phenoxy) is 2. The van der Waals surface area contributed by atoms with Gasteiger partial charge in [0.25, 0.3) is 0 Å². The summed E-state index contributed by atoms with van der Waals surface area (Å²) < 4.78 is 10.4. The van der Waals surface area contributed by atoms with Crippen molar-refractivity contribution in [2.24, 2.45) is 0 Å². The lowest BCUT2D eigenvalue weighted by molar-refractivity contribution is -0.156. The number of hydrogen-bond donors (Lipinski definition) is 0. The predicted octanol–water partition coefficient (Wildman–Crippen LogP) is 3.80. The third-order valence-corrected chi connectivity index (χ3v) is 4.11. The molecule has 5 heteroatoms. The van der Waals surface area contributed by atoms with Gasteiger partial charge in [0.2, 0.25) is 6.04 Å². The average molecular weight is 351 g/mol. The van der Waals surface area contributed by atoms with Crippen LogP contribution in [-0.4, -0.2) is 31.2 Å². The molecule has 2 aromatic carbocycles. The second-order valence-electron chi connectivity index (χ2n) is 5.73. The highest BCUT2D eigenvalue weighted by molar-refractivity contribution is 6.06. The summed E-state index contributed by atoms with van der Waals surface area (Å²) in [6.45, 7) is 3.80. The van der Waals surface area contributed by atoms with Gasteiger partial charge in [0.05, 0.1) is 13.2 Å². The van der Waals surface area contributed by atoms with Crippen LogP contribution in [0.4, 0.5) is 11.4 Å². The van der Waals surface area contributed by atoms with Crippen LogP contribution < -0.4 is 4.90 Å². The molecule has 0 radical (unpaired) electrons. The van der Waals surface area contributed by atoms with E-state index in [-0.39, 0.29) is 13.2 Å². The van der Waals surface area contributed by atoms with Crippen molar-refractivity contribution in [1.82, 2.24) is 0 Å². The first-order valence-corrected chi connectivity index (χ1v) is 8.66. The molecular formula is C21H21NO4. The predicted molar refractivity (Wildman–Crippen MR) is 101 cm³/mol. The molecule has 0 aromatic heterocycles. The van der Waals surface area contributed by atoms with Crippen LogP contribution in [0.1, 0.15) is 25.0 Å². The van der Waals surface area contributed by atoms with Gasteiger partial charge in [-0.05, 0) is 37.1 Å². The molecule has 0 unspecified atom stereocenters. The van der Waals surface area contributed by atoms with Crippen LogP contribution in [0.5, 0.6) is 0 Å². The Bertz CT molecular complexity index is 776. The van der Waals surface area contributed by atoms with Crippen LogP contribution in [-0.2, 0) is 19.1 Å². The van der Waals surface area contributed by atoms with Crippen LogP contribution in [0, 0.1) is 0 Å². The van der Waals surface area contributed by atoms with Gasteiger partial charge in [-0.2, -0.15) is 0 Å². The molecule has 0 saturated carbocycles. The summed E-state index contributed by atoms with van der Waals surface area (Å²) in [5, 5.41) is 0. The SMILES string of the molecule is CCOC(=O)C(C(=O)OCC)N1c2ccccc2C=Cc2ccccc21. The van der Waals surface area contributed by atoms with Gasteiger partial charge < -0.3 is 14.4 Å². The summed E-state index contributed by atoms with van der Waals surface area (Å²) in [4.78, 5) is 27.1.